The number of hydrogen-bond acceptors (Lipinski definition) is 7. The van der Waals surface area contributed by atoms with Gasteiger partial charge in [0.05, 0.1) is 25.4 Å². The maximum absolute atomic E-state index is 10.4. The fourth-order valence-electron chi connectivity index (χ4n) is 3.64. The molecule has 2 aromatic rings. The molecule has 1 heterocycles. The maximum atomic E-state index is 10.4. The van der Waals surface area contributed by atoms with Gasteiger partial charge in [0, 0.05) is 5.02 Å². The number of ether oxygens (including phenoxy) is 3. The zero-order valence-corrected chi connectivity index (χ0v) is 24.0. The largest absolute Gasteiger partial charge is 2.00 e. The number of hydrogen-bond donors (Lipinski definition) is 4. The second kappa shape index (κ2) is 13.5. The van der Waals surface area contributed by atoms with Gasteiger partial charge in [-0.25, -0.2) is 0 Å². The van der Waals surface area contributed by atoms with Crippen molar-refractivity contribution in [1.29, 1.82) is 0 Å². The molecule has 0 spiro atoms. The van der Waals surface area contributed by atoms with Gasteiger partial charge in [-0.15, -0.1) is 0 Å². The molecule has 2 aliphatic rings. The summed E-state index contributed by atoms with van der Waals surface area (Å²) in [5, 5.41) is 40.4. The van der Waals surface area contributed by atoms with Crippen LogP contribution in [0.1, 0.15) is 29.5 Å². The minimum absolute atomic E-state index is 0. The van der Waals surface area contributed by atoms with Crippen molar-refractivity contribution in [2.45, 2.75) is 49.8 Å². The molecule has 7 nitrogen and oxygen atoms in total. The molecule has 2 aromatic carbocycles. The predicted octanol–water partition coefficient (Wildman–Crippen LogP) is 2.29. The fourth-order valence-corrected chi connectivity index (χ4v) is 3.83. The van der Waals surface area contributed by atoms with Crippen LogP contribution in [0, 0.1) is 44.6 Å². The van der Waals surface area contributed by atoms with Crippen molar-refractivity contribution in [1.82, 2.24) is 0 Å². The topological polar surface area (TPSA) is 109 Å². The first-order valence-corrected chi connectivity index (χ1v) is 11.1. The van der Waals surface area contributed by atoms with Gasteiger partial charge in [0.15, 0.2) is 0 Å². The third-order valence-electron chi connectivity index (χ3n) is 5.66. The van der Waals surface area contributed by atoms with Crippen LogP contribution in [-0.4, -0.2) is 70.8 Å². The van der Waals surface area contributed by atoms with Gasteiger partial charge >= 0.3 is 31.1 Å². The summed E-state index contributed by atoms with van der Waals surface area (Å²) in [4.78, 5) is 0. The van der Waals surface area contributed by atoms with E-state index in [2.05, 4.69) is 0 Å². The average Bonchev–Trinajstić information content (AvgIpc) is 3.63. The molecule has 1 aliphatic heterocycles. The molecular formula is C25H31ClO7U. The normalized spacial score (nSPS) is 24.2. The standard InChI is InChI=1S/C24H28ClO7.CH3.U/c25-19-8-3-15(24-23(29)22(28)21(27)20(13-26)32-24)12-16(19)11-14-1-4-17(5-2-14)30-9-10-31-18-6-7-18;;/h1-5,8,12,18,20-23,26-29H,6-7,9-11,13H2;1H3;/q2*-1;+2/t20-,21-,22+,23-;;/m1../s1. The molecule has 2 fully saturated rings. The van der Waals surface area contributed by atoms with E-state index in [1.807, 2.05) is 24.3 Å². The summed E-state index contributed by atoms with van der Waals surface area (Å²) in [6.45, 7) is 0.612. The Morgan fingerprint density at radius 1 is 1.00 bits per heavy atom. The molecule has 34 heavy (non-hydrogen) atoms. The van der Waals surface area contributed by atoms with Gasteiger partial charge < -0.3 is 42.1 Å². The van der Waals surface area contributed by atoms with E-state index in [0.717, 1.165) is 29.7 Å². The second-order valence-corrected chi connectivity index (χ2v) is 8.58. The molecule has 4 N–H and O–H groups in total. The Hall–Kier alpha value is -0.788. The van der Waals surface area contributed by atoms with Crippen LogP contribution in [0.5, 0.6) is 5.75 Å². The van der Waals surface area contributed by atoms with Gasteiger partial charge in [0.25, 0.3) is 0 Å². The molecule has 1 saturated heterocycles. The van der Waals surface area contributed by atoms with Crippen LogP contribution in [0.15, 0.2) is 42.5 Å². The van der Waals surface area contributed by atoms with Crippen molar-refractivity contribution >= 4 is 11.6 Å². The molecular weight excluding hydrogens is 686 g/mol. The summed E-state index contributed by atoms with van der Waals surface area (Å²) in [7, 11) is 0. The Morgan fingerprint density at radius 3 is 2.35 bits per heavy atom. The third kappa shape index (κ3) is 7.36. The first kappa shape index (κ1) is 29.4. The Balaban J connectivity index is 0.00000204. The van der Waals surface area contributed by atoms with E-state index in [9.17, 15) is 20.4 Å². The van der Waals surface area contributed by atoms with Crippen molar-refractivity contribution in [3.63, 3.8) is 0 Å². The molecule has 4 rings (SSSR count). The van der Waals surface area contributed by atoms with E-state index in [4.69, 9.17) is 25.8 Å². The Morgan fingerprint density at radius 2 is 1.71 bits per heavy atom. The second-order valence-electron chi connectivity index (χ2n) is 8.17. The summed E-state index contributed by atoms with van der Waals surface area (Å²) in [5.41, 5.74) is 2.35. The van der Waals surface area contributed by atoms with E-state index >= 15 is 0 Å². The molecule has 0 aromatic heterocycles. The van der Waals surface area contributed by atoms with Gasteiger partial charge in [-0.3, -0.25) is 0 Å². The van der Waals surface area contributed by atoms with Gasteiger partial charge in [0.2, 0.25) is 0 Å². The van der Waals surface area contributed by atoms with Crippen LogP contribution in [-0.2, 0) is 15.9 Å². The van der Waals surface area contributed by atoms with Crippen LogP contribution in [0.4, 0.5) is 0 Å². The van der Waals surface area contributed by atoms with E-state index in [1.165, 1.54) is 0 Å². The van der Waals surface area contributed by atoms with Crippen molar-refractivity contribution in [3.05, 3.63) is 77.7 Å². The molecule has 0 radical (unpaired) electrons. The molecule has 0 amide bonds. The van der Waals surface area contributed by atoms with Crippen molar-refractivity contribution in [2.24, 2.45) is 0 Å². The number of aliphatic hydroxyl groups is 4. The average molecular weight is 717 g/mol. The molecule has 0 bridgehead atoms. The molecule has 184 valence electrons. The van der Waals surface area contributed by atoms with E-state index in [1.54, 1.807) is 18.2 Å². The van der Waals surface area contributed by atoms with Gasteiger partial charge in [-0.1, -0.05) is 35.4 Å². The summed E-state index contributed by atoms with van der Waals surface area (Å²) in [6.07, 6.45) is -1.94. The van der Waals surface area contributed by atoms with Gasteiger partial charge in [-0.05, 0) is 43.1 Å². The van der Waals surface area contributed by atoms with Crippen LogP contribution < -0.4 is 4.74 Å². The first-order valence-electron chi connectivity index (χ1n) is 10.8. The zero-order valence-electron chi connectivity index (χ0n) is 19.1. The Bertz CT molecular complexity index is 891. The number of rotatable bonds is 9. The quantitative estimate of drug-likeness (QED) is 0.233. The Labute approximate surface area is 229 Å². The van der Waals surface area contributed by atoms with Crippen LogP contribution in [0.3, 0.4) is 0 Å². The number of aliphatic hydroxyl groups excluding tert-OH is 4. The fraction of sp³-hybridized carbons (Fsp3) is 0.440. The molecule has 0 unspecified atom stereocenters. The van der Waals surface area contributed by atoms with Crippen molar-refractivity contribution < 1.29 is 65.7 Å². The summed E-state index contributed by atoms with van der Waals surface area (Å²) >= 11 is 6.40. The minimum atomic E-state index is -1.46. The van der Waals surface area contributed by atoms with Gasteiger partial charge in [0.1, 0.15) is 30.7 Å². The Kier molecular flexibility index (Phi) is 11.7. The van der Waals surface area contributed by atoms with E-state index < -0.39 is 31.0 Å². The number of halogens is 1. The summed E-state index contributed by atoms with van der Waals surface area (Å²) < 4.78 is 16.9. The molecule has 4 atom stereocenters. The predicted molar refractivity (Wildman–Crippen MR) is 124 cm³/mol. The summed E-state index contributed by atoms with van der Waals surface area (Å²) in [6, 6.07) is 12.9. The van der Waals surface area contributed by atoms with Gasteiger partial charge in [-0.2, -0.15) is 17.7 Å². The van der Waals surface area contributed by atoms with E-state index in [0.29, 0.717) is 36.3 Å². The van der Waals surface area contributed by atoms with Crippen LogP contribution >= 0.6 is 11.6 Å². The number of benzene rings is 2. The molecule has 9 heteroatoms. The van der Waals surface area contributed by atoms with Crippen molar-refractivity contribution in [2.75, 3.05) is 19.8 Å². The molecule has 1 aliphatic carbocycles. The maximum Gasteiger partial charge on any atom is 2.00 e. The monoisotopic (exact) mass is 716 g/mol. The third-order valence-corrected chi connectivity index (χ3v) is 6.03. The SMILES string of the molecule is OC[C@H]1O[C-](c2ccc(Cl)c(Cc3ccc(OCCOC4CC4)cc3)c2)[C@H](O)[C@@H](O)[C@@H]1O.[CH3-].[U+2]. The summed E-state index contributed by atoms with van der Waals surface area (Å²) in [5.74, 6) is 0.768. The van der Waals surface area contributed by atoms with Crippen LogP contribution in [0.25, 0.3) is 0 Å². The van der Waals surface area contributed by atoms with E-state index in [-0.39, 0.29) is 44.6 Å². The molecule has 1 saturated carbocycles. The minimum Gasteiger partial charge on any atom is -0.491 e. The van der Waals surface area contributed by atoms with Crippen molar-refractivity contribution in [3.8, 4) is 5.75 Å². The first-order chi connectivity index (χ1) is 15.5. The smallest absolute Gasteiger partial charge is 0.491 e. The zero-order chi connectivity index (χ0) is 22.7. The van der Waals surface area contributed by atoms with Crippen LogP contribution in [0.2, 0.25) is 5.02 Å².